The van der Waals surface area contributed by atoms with Crippen LogP contribution in [0.3, 0.4) is 0 Å². The SMILES string of the molecule is N=C(N)c1ccc(C(=O)C(N)CC(=O)N2CCCCC2)cc1. The fraction of sp³-hybridized carbons (Fsp3) is 0.438. The van der Waals surface area contributed by atoms with E-state index in [2.05, 4.69) is 0 Å². The van der Waals surface area contributed by atoms with Crippen molar-refractivity contribution in [2.45, 2.75) is 31.7 Å². The summed E-state index contributed by atoms with van der Waals surface area (Å²) in [5, 5.41) is 7.32. The van der Waals surface area contributed by atoms with Gasteiger partial charge >= 0.3 is 0 Å². The van der Waals surface area contributed by atoms with E-state index in [1.54, 1.807) is 29.2 Å². The fourth-order valence-electron chi connectivity index (χ4n) is 2.58. The number of nitrogens with two attached hydrogens (primary N) is 2. The van der Waals surface area contributed by atoms with Gasteiger partial charge in [-0.1, -0.05) is 24.3 Å². The number of benzene rings is 1. The summed E-state index contributed by atoms with van der Waals surface area (Å²) in [6.07, 6.45) is 3.22. The molecule has 6 heteroatoms. The molecular formula is C16H22N4O2. The molecule has 1 unspecified atom stereocenters. The standard InChI is InChI=1S/C16H22N4O2/c17-13(10-14(21)20-8-2-1-3-9-20)15(22)11-4-6-12(7-5-11)16(18)19/h4-7,13H,1-3,8-10,17H2,(H3,18,19). The number of nitrogens with one attached hydrogen (secondary N) is 1. The summed E-state index contributed by atoms with van der Waals surface area (Å²) in [7, 11) is 0. The number of carbonyl (C=O) groups is 2. The Morgan fingerprint density at radius 3 is 2.18 bits per heavy atom. The van der Waals surface area contributed by atoms with Gasteiger partial charge in [0.1, 0.15) is 5.84 Å². The molecule has 2 rings (SSSR count). The smallest absolute Gasteiger partial charge is 0.224 e. The Morgan fingerprint density at radius 2 is 1.64 bits per heavy atom. The number of nitrogens with zero attached hydrogens (tertiary/aromatic N) is 1. The van der Waals surface area contributed by atoms with Gasteiger partial charge in [0.25, 0.3) is 0 Å². The highest BCUT2D eigenvalue weighted by Gasteiger charge is 2.23. The van der Waals surface area contributed by atoms with Gasteiger partial charge in [-0.2, -0.15) is 0 Å². The van der Waals surface area contributed by atoms with Crippen molar-refractivity contribution in [3.8, 4) is 0 Å². The Hall–Kier alpha value is -2.21. The molecular weight excluding hydrogens is 280 g/mol. The Bertz CT molecular complexity index is 562. The maximum Gasteiger partial charge on any atom is 0.224 e. The first-order chi connectivity index (χ1) is 10.5. The van der Waals surface area contributed by atoms with Gasteiger partial charge in [-0.25, -0.2) is 0 Å². The molecule has 0 bridgehead atoms. The number of ketones is 1. The molecule has 1 aliphatic rings. The second-order valence-corrected chi connectivity index (χ2v) is 5.61. The van der Waals surface area contributed by atoms with E-state index >= 15 is 0 Å². The Morgan fingerprint density at radius 1 is 1.09 bits per heavy atom. The predicted molar refractivity (Wildman–Crippen MR) is 84.8 cm³/mol. The minimum atomic E-state index is -0.836. The first-order valence-corrected chi connectivity index (χ1v) is 7.51. The summed E-state index contributed by atoms with van der Waals surface area (Å²) in [4.78, 5) is 26.2. The molecule has 22 heavy (non-hydrogen) atoms. The molecule has 1 aliphatic heterocycles. The number of carbonyl (C=O) groups excluding carboxylic acids is 2. The average molecular weight is 302 g/mol. The summed E-state index contributed by atoms with van der Waals surface area (Å²) >= 11 is 0. The van der Waals surface area contributed by atoms with E-state index in [4.69, 9.17) is 16.9 Å². The third kappa shape index (κ3) is 3.92. The second kappa shape index (κ2) is 7.17. The molecule has 0 saturated carbocycles. The number of nitrogen functional groups attached to an aromatic ring is 1. The lowest BCUT2D eigenvalue weighted by Crippen LogP contribution is -2.41. The molecule has 6 nitrogen and oxygen atoms in total. The van der Waals surface area contributed by atoms with Crippen molar-refractivity contribution in [2.75, 3.05) is 13.1 Å². The van der Waals surface area contributed by atoms with Gasteiger partial charge in [0, 0.05) is 30.6 Å². The van der Waals surface area contributed by atoms with E-state index in [0.717, 1.165) is 32.4 Å². The lowest BCUT2D eigenvalue weighted by atomic mass is 10.00. The van der Waals surface area contributed by atoms with E-state index < -0.39 is 6.04 Å². The maximum absolute atomic E-state index is 12.3. The van der Waals surface area contributed by atoms with Crippen molar-refractivity contribution in [2.24, 2.45) is 11.5 Å². The quantitative estimate of drug-likeness (QED) is 0.425. The van der Waals surface area contributed by atoms with Crippen molar-refractivity contribution < 1.29 is 9.59 Å². The number of amidine groups is 1. The molecule has 0 aromatic heterocycles. The number of likely N-dealkylation sites (tertiary alicyclic amines) is 1. The fourth-order valence-corrected chi connectivity index (χ4v) is 2.58. The van der Waals surface area contributed by atoms with Crippen LogP contribution in [0.1, 0.15) is 41.6 Å². The Kier molecular flexibility index (Phi) is 5.27. The predicted octanol–water partition coefficient (Wildman–Crippen LogP) is 0.883. The van der Waals surface area contributed by atoms with Crippen LogP contribution in [0, 0.1) is 5.41 Å². The van der Waals surface area contributed by atoms with Crippen LogP contribution in [0.4, 0.5) is 0 Å². The highest BCUT2D eigenvalue weighted by Crippen LogP contribution is 2.12. The average Bonchev–Trinajstić information content (AvgIpc) is 2.55. The van der Waals surface area contributed by atoms with Crippen LogP contribution in [0.2, 0.25) is 0 Å². The zero-order valence-electron chi connectivity index (χ0n) is 12.5. The van der Waals surface area contributed by atoms with Crippen LogP contribution in [0.15, 0.2) is 24.3 Å². The van der Waals surface area contributed by atoms with Crippen molar-refractivity contribution in [3.05, 3.63) is 35.4 Å². The van der Waals surface area contributed by atoms with Crippen LogP contribution >= 0.6 is 0 Å². The normalized spacial score (nSPS) is 16.1. The van der Waals surface area contributed by atoms with Crippen LogP contribution in [-0.4, -0.2) is 41.6 Å². The lowest BCUT2D eigenvalue weighted by Gasteiger charge is -2.27. The minimum Gasteiger partial charge on any atom is -0.384 e. The molecule has 1 heterocycles. The minimum absolute atomic E-state index is 0.0350. The summed E-state index contributed by atoms with van der Waals surface area (Å²) < 4.78 is 0. The monoisotopic (exact) mass is 302 g/mol. The molecule has 0 spiro atoms. The molecule has 0 radical (unpaired) electrons. The molecule has 118 valence electrons. The highest BCUT2D eigenvalue weighted by atomic mass is 16.2. The van der Waals surface area contributed by atoms with E-state index in [-0.39, 0.29) is 23.9 Å². The third-order valence-electron chi connectivity index (χ3n) is 3.92. The summed E-state index contributed by atoms with van der Waals surface area (Å²) in [5.41, 5.74) is 12.2. The summed E-state index contributed by atoms with van der Waals surface area (Å²) in [6.45, 7) is 1.51. The van der Waals surface area contributed by atoms with Crippen LogP contribution in [0.25, 0.3) is 0 Å². The molecule has 1 saturated heterocycles. The van der Waals surface area contributed by atoms with Crippen molar-refractivity contribution in [1.82, 2.24) is 4.90 Å². The number of hydrogen-bond acceptors (Lipinski definition) is 4. The van der Waals surface area contributed by atoms with Gasteiger partial charge in [-0.15, -0.1) is 0 Å². The van der Waals surface area contributed by atoms with E-state index in [1.807, 2.05) is 0 Å². The van der Waals surface area contributed by atoms with E-state index in [1.165, 1.54) is 0 Å². The molecule has 1 aromatic rings. The number of rotatable bonds is 5. The number of piperidine rings is 1. The highest BCUT2D eigenvalue weighted by molar-refractivity contribution is 6.03. The largest absolute Gasteiger partial charge is 0.384 e. The molecule has 1 aromatic carbocycles. The van der Waals surface area contributed by atoms with Crippen molar-refractivity contribution in [1.29, 1.82) is 5.41 Å². The number of amides is 1. The van der Waals surface area contributed by atoms with Crippen LogP contribution < -0.4 is 11.5 Å². The topological polar surface area (TPSA) is 113 Å². The van der Waals surface area contributed by atoms with Gasteiger partial charge in [0.15, 0.2) is 5.78 Å². The van der Waals surface area contributed by atoms with Gasteiger partial charge in [-0.05, 0) is 19.3 Å². The first kappa shape index (κ1) is 16.2. The Balaban J connectivity index is 1.96. The summed E-state index contributed by atoms with van der Waals surface area (Å²) in [5.74, 6) is -0.370. The zero-order chi connectivity index (χ0) is 16.1. The number of hydrogen-bond donors (Lipinski definition) is 3. The zero-order valence-corrected chi connectivity index (χ0v) is 12.5. The lowest BCUT2D eigenvalue weighted by molar-refractivity contribution is -0.132. The second-order valence-electron chi connectivity index (χ2n) is 5.61. The maximum atomic E-state index is 12.3. The van der Waals surface area contributed by atoms with Gasteiger partial charge in [0.2, 0.25) is 5.91 Å². The molecule has 1 amide bonds. The van der Waals surface area contributed by atoms with Crippen molar-refractivity contribution >= 4 is 17.5 Å². The van der Waals surface area contributed by atoms with E-state index in [9.17, 15) is 9.59 Å². The van der Waals surface area contributed by atoms with Crippen LogP contribution in [0.5, 0.6) is 0 Å². The van der Waals surface area contributed by atoms with Crippen molar-refractivity contribution in [3.63, 3.8) is 0 Å². The van der Waals surface area contributed by atoms with Gasteiger partial charge in [0.05, 0.1) is 6.04 Å². The molecule has 1 atom stereocenters. The Labute approximate surface area is 130 Å². The van der Waals surface area contributed by atoms with Gasteiger partial charge < -0.3 is 16.4 Å². The molecule has 0 aliphatic carbocycles. The van der Waals surface area contributed by atoms with Crippen LogP contribution in [-0.2, 0) is 4.79 Å². The van der Waals surface area contributed by atoms with Gasteiger partial charge in [-0.3, -0.25) is 15.0 Å². The molecule has 5 N–H and O–H groups in total. The summed E-state index contributed by atoms with van der Waals surface area (Å²) in [6, 6.07) is 5.55. The number of Topliss-reactive ketones (excluding diaryl/α,β-unsaturated/α-hetero) is 1. The van der Waals surface area contributed by atoms with E-state index in [0.29, 0.717) is 11.1 Å². The molecule has 1 fully saturated rings. The first-order valence-electron chi connectivity index (χ1n) is 7.51. The third-order valence-corrected chi connectivity index (χ3v) is 3.92.